The predicted octanol–water partition coefficient (Wildman–Crippen LogP) is 2.01. The maximum absolute atomic E-state index is 12.0. The minimum absolute atomic E-state index is 0.342. The monoisotopic (exact) mass is 302 g/mol. The lowest BCUT2D eigenvalue weighted by molar-refractivity contribution is 0.582. The Morgan fingerprint density at radius 2 is 2.06 bits per heavy atom. The van der Waals surface area contributed by atoms with E-state index in [2.05, 4.69) is 10.0 Å². The number of hydrogen-bond donors (Lipinski definition) is 2. The van der Waals surface area contributed by atoms with Crippen molar-refractivity contribution in [3.63, 3.8) is 0 Å². The molecule has 2 aromatic rings. The van der Waals surface area contributed by atoms with Crippen LogP contribution in [0.3, 0.4) is 0 Å². The Bertz CT molecular complexity index is 588. The SMILES string of the molecule is CNCc1cc(S(=O)(=O)NCc2cccs2)cs1. The topological polar surface area (TPSA) is 58.2 Å². The van der Waals surface area contributed by atoms with Crippen LogP contribution in [-0.2, 0) is 23.1 Å². The molecule has 0 aromatic carbocycles. The molecule has 0 unspecified atom stereocenters. The van der Waals surface area contributed by atoms with Gasteiger partial charge in [0.25, 0.3) is 0 Å². The Morgan fingerprint density at radius 3 is 2.72 bits per heavy atom. The molecule has 2 rings (SSSR count). The van der Waals surface area contributed by atoms with Crippen LogP contribution in [0.15, 0.2) is 33.9 Å². The van der Waals surface area contributed by atoms with Crippen LogP contribution in [0, 0.1) is 0 Å². The van der Waals surface area contributed by atoms with Crippen LogP contribution >= 0.6 is 22.7 Å². The van der Waals surface area contributed by atoms with Crippen LogP contribution in [0.25, 0.3) is 0 Å². The molecule has 4 nitrogen and oxygen atoms in total. The molecule has 0 fully saturated rings. The van der Waals surface area contributed by atoms with E-state index < -0.39 is 10.0 Å². The lowest BCUT2D eigenvalue weighted by Gasteiger charge is -2.02. The number of thiophene rings is 2. The summed E-state index contributed by atoms with van der Waals surface area (Å²) in [6.45, 7) is 1.03. The normalized spacial score (nSPS) is 11.8. The molecule has 0 aliphatic rings. The van der Waals surface area contributed by atoms with Gasteiger partial charge in [0.1, 0.15) is 0 Å². The van der Waals surface area contributed by atoms with Crippen LogP contribution in [0.4, 0.5) is 0 Å². The Hall–Kier alpha value is -0.730. The minimum Gasteiger partial charge on any atom is -0.315 e. The fraction of sp³-hybridized carbons (Fsp3) is 0.273. The molecule has 0 bridgehead atoms. The summed E-state index contributed by atoms with van der Waals surface area (Å²) in [5, 5.41) is 6.60. The van der Waals surface area contributed by atoms with Crippen molar-refractivity contribution in [2.45, 2.75) is 18.0 Å². The Balaban J connectivity index is 2.05. The van der Waals surface area contributed by atoms with Gasteiger partial charge >= 0.3 is 0 Å². The zero-order valence-corrected chi connectivity index (χ0v) is 12.3. The van der Waals surface area contributed by atoms with E-state index in [1.54, 1.807) is 11.4 Å². The number of rotatable bonds is 6. The van der Waals surface area contributed by atoms with Crippen molar-refractivity contribution in [3.8, 4) is 0 Å². The fourth-order valence-corrected chi connectivity index (χ4v) is 4.46. The molecular formula is C11H14N2O2S3. The summed E-state index contributed by atoms with van der Waals surface area (Å²) in [5.74, 6) is 0. The molecule has 0 saturated carbocycles. The quantitative estimate of drug-likeness (QED) is 0.858. The molecule has 0 saturated heterocycles. The molecule has 2 N–H and O–H groups in total. The second-order valence-corrected chi connectivity index (χ2v) is 7.48. The van der Waals surface area contributed by atoms with Crippen LogP contribution in [-0.4, -0.2) is 15.5 Å². The van der Waals surface area contributed by atoms with Crippen molar-refractivity contribution in [2.75, 3.05) is 7.05 Å². The summed E-state index contributed by atoms with van der Waals surface area (Å²) < 4.78 is 26.7. The average Bonchev–Trinajstić information content (AvgIpc) is 2.98. The van der Waals surface area contributed by atoms with Gasteiger partial charge in [0, 0.05) is 28.2 Å². The van der Waals surface area contributed by atoms with E-state index in [-0.39, 0.29) is 0 Å². The molecule has 18 heavy (non-hydrogen) atoms. The third-order valence-corrected chi connectivity index (χ3v) is 5.65. The summed E-state index contributed by atoms with van der Waals surface area (Å²) in [5.41, 5.74) is 0. The van der Waals surface area contributed by atoms with Gasteiger partial charge in [0.15, 0.2) is 0 Å². The maximum Gasteiger partial charge on any atom is 0.241 e. The summed E-state index contributed by atoms with van der Waals surface area (Å²) >= 11 is 2.98. The lowest BCUT2D eigenvalue weighted by atomic mass is 10.5. The Kier molecular flexibility index (Phi) is 4.52. The van der Waals surface area contributed by atoms with E-state index in [0.717, 1.165) is 9.75 Å². The van der Waals surface area contributed by atoms with Gasteiger partial charge < -0.3 is 5.32 Å². The van der Waals surface area contributed by atoms with Crippen molar-refractivity contribution in [3.05, 3.63) is 38.7 Å². The van der Waals surface area contributed by atoms with Crippen LogP contribution < -0.4 is 10.0 Å². The summed E-state index contributed by atoms with van der Waals surface area (Å²) in [7, 11) is -1.56. The van der Waals surface area contributed by atoms with E-state index in [4.69, 9.17) is 0 Å². The molecule has 0 amide bonds. The first-order chi connectivity index (χ1) is 8.62. The molecule has 0 radical (unpaired) electrons. The van der Waals surface area contributed by atoms with Crippen molar-refractivity contribution in [2.24, 2.45) is 0 Å². The summed E-state index contributed by atoms with van der Waals surface area (Å²) in [6, 6.07) is 5.52. The second kappa shape index (κ2) is 5.94. The van der Waals surface area contributed by atoms with E-state index in [1.165, 1.54) is 22.7 Å². The molecule has 98 valence electrons. The lowest BCUT2D eigenvalue weighted by Crippen LogP contribution is -2.22. The van der Waals surface area contributed by atoms with Crippen molar-refractivity contribution in [1.29, 1.82) is 0 Å². The molecule has 0 atom stereocenters. The van der Waals surface area contributed by atoms with Gasteiger partial charge in [-0.15, -0.1) is 22.7 Å². The predicted molar refractivity (Wildman–Crippen MR) is 75.4 cm³/mol. The molecule has 2 heterocycles. The van der Waals surface area contributed by atoms with Gasteiger partial charge in [-0.05, 0) is 24.6 Å². The van der Waals surface area contributed by atoms with Crippen molar-refractivity contribution >= 4 is 32.7 Å². The van der Waals surface area contributed by atoms with E-state index in [9.17, 15) is 8.42 Å². The van der Waals surface area contributed by atoms with Gasteiger partial charge in [-0.25, -0.2) is 13.1 Å². The van der Waals surface area contributed by atoms with E-state index in [1.807, 2.05) is 24.6 Å². The molecule has 0 spiro atoms. The average molecular weight is 302 g/mol. The van der Waals surface area contributed by atoms with Gasteiger partial charge in [0.05, 0.1) is 4.90 Å². The van der Waals surface area contributed by atoms with Gasteiger partial charge in [0.2, 0.25) is 10.0 Å². The third kappa shape index (κ3) is 3.39. The first kappa shape index (κ1) is 13.7. The fourth-order valence-electron chi connectivity index (χ4n) is 1.43. The molecular weight excluding hydrogens is 288 g/mol. The van der Waals surface area contributed by atoms with Crippen LogP contribution in [0.1, 0.15) is 9.75 Å². The number of hydrogen-bond acceptors (Lipinski definition) is 5. The van der Waals surface area contributed by atoms with Gasteiger partial charge in [-0.1, -0.05) is 6.07 Å². The largest absolute Gasteiger partial charge is 0.315 e. The van der Waals surface area contributed by atoms with Crippen molar-refractivity contribution < 1.29 is 8.42 Å². The number of nitrogens with one attached hydrogen (secondary N) is 2. The standard InChI is InChI=1S/C11H14N2O2S3/c1-12-6-10-5-11(8-17-10)18(14,15)13-7-9-3-2-4-16-9/h2-5,8,12-13H,6-7H2,1H3. The Labute approximate surface area is 115 Å². The molecule has 2 aromatic heterocycles. The Morgan fingerprint density at radius 1 is 1.22 bits per heavy atom. The minimum atomic E-state index is -3.39. The first-order valence-electron chi connectivity index (χ1n) is 5.36. The van der Waals surface area contributed by atoms with Gasteiger partial charge in [-0.2, -0.15) is 0 Å². The highest BCUT2D eigenvalue weighted by atomic mass is 32.2. The number of sulfonamides is 1. The molecule has 0 aliphatic carbocycles. The second-order valence-electron chi connectivity index (χ2n) is 3.68. The first-order valence-corrected chi connectivity index (χ1v) is 8.60. The van der Waals surface area contributed by atoms with E-state index in [0.29, 0.717) is 18.0 Å². The van der Waals surface area contributed by atoms with Gasteiger partial charge in [-0.3, -0.25) is 0 Å². The highest BCUT2D eigenvalue weighted by Gasteiger charge is 2.15. The van der Waals surface area contributed by atoms with Crippen LogP contribution in [0.2, 0.25) is 0 Å². The zero-order chi connectivity index (χ0) is 13.0. The third-order valence-electron chi connectivity index (χ3n) is 2.31. The van der Waals surface area contributed by atoms with Crippen LogP contribution in [0.5, 0.6) is 0 Å². The summed E-state index contributed by atoms with van der Waals surface area (Å²) in [6.07, 6.45) is 0. The van der Waals surface area contributed by atoms with E-state index >= 15 is 0 Å². The molecule has 7 heteroatoms. The molecule has 0 aliphatic heterocycles. The summed E-state index contributed by atoms with van der Waals surface area (Å²) in [4.78, 5) is 2.35. The maximum atomic E-state index is 12.0. The highest BCUT2D eigenvalue weighted by molar-refractivity contribution is 7.89. The van der Waals surface area contributed by atoms with Crippen molar-refractivity contribution in [1.82, 2.24) is 10.0 Å². The highest BCUT2D eigenvalue weighted by Crippen LogP contribution is 2.19. The zero-order valence-electron chi connectivity index (χ0n) is 9.84. The smallest absolute Gasteiger partial charge is 0.241 e.